The van der Waals surface area contributed by atoms with E-state index in [-0.39, 0.29) is 0 Å². The molecule has 2 aromatic heterocycles. The molecule has 11 rings (SSSR count). The van der Waals surface area contributed by atoms with E-state index in [2.05, 4.69) is 173 Å². The van der Waals surface area contributed by atoms with Gasteiger partial charge in [-0.15, -0.1) is 0 Å². The van der Waals surface area contributed by atoms with Gasteiger partial charge in [0, 0.05) is 22.5 Å². The molecule has 2 nitrogen and oxygen atoms in total. The summed E-state index contributed by atoms with van der Waals surface area (Å²) >= 11 is 0. The van der Waals surface area contributed by atoms with Gasteiger partial charge in [0.05, 0.1) is 27.8 Å². The number of fused-ring (bicyclic) bond motifs is 12. The van der Waals surface area contributed by atoms with Crippen molar-refractivity contribution in [2.45, 2.75) is 5.41 Å². The topological polar surface area (TPSA) is 17.8 Å². The van der Waals surface area contributed by atoms with Crippen molar-refractivity contribution in [3.05, 3.63) is 204 Å². The monoisotopic (exact) mass is 634 g/mol. The first-order valence-corrected chi connectivity index (χ1v) is 17.3. The number of hydrogen-bond donors (Lipinski definition) is 0. The number of nitrogens with zero attached hydrogens (tertiary/aromatic N) is 2. The van der Waals surface area contributed by atoms with Crippen LogP contribution in [0.3, 0.4) is 0 Å². The molecule has 0 saturated heterocycles. The van der Waals surface area contributed by atoms with Crippen LogP contribution < -0.4 is 0 Å². The van der Waals surface area contributed by atoms with Gasteiger partial charge in [-0.1, -0.05) is 146 Å². The lowest BCUT2D eigenvalue weighted by molar-refractivity contribution is 0.748. The Hall–Kier alpha value is -6.51. The molecule has 0 N–H and O–H groups in total. The molecule has 0 saturated carbocycles. The zero-order valence-corrected chi connectivity index (χ0v) is 27.2. The molecule has 7 aromatic carbocycles. The van der Waals surface area contributed by atoms with E-state index in [1.807, 2.05) is 18.3 Å². The number of rotatable bonds is 3. The molecule has 9 aromatic rings. The second-order valence-corrected chi connectivity index (χ2v) is 13.5. The van der Waals surface area contributed by atoms with Crippen LogP contribution in [0.2, 0.25) is 0 Å². The molecular formula is C48H30N2. The summed E-state index contributed by atoms with van der Waals surface area (Å²) in [6.45, 7) is 0. The highest BCUT2D eigenvalue weighted by Gasteiger charge is 2.50. The molecule has 1 aliphatic carbocycles. The van der Waals surface area contributed by atoms with E-state index >= 15 is 0 Å². The smallest absolute Gasteiger partial charge is 0.0754 e. The number of hydrogen-bond acceptors (Lipinski definition) is 1. The molecule has 50 heavy (non-hydrogen) atoms. The summed E-state index contributed by atoms with van der Waals surface area (Å²) in [6, 6.07) is 64.8. The first-order valence-electron chi connectivity index (χ1n) is 17.3. The molecule has 0 fully saturated rings. The van der Waals surface area contributed by atoms with Gasteiger partial charge in [-0.25, -0.2) is 0 Å². The van der Waals surface area contributed by atoms with Crippen LogP contribution in [-0.2, 0) is 5.41 Å². The summed E-state index contributed by atoms with van der Waals surface area (Å²) in [5.41, 5.74) is 18.3. The van der Waals surface area contributed by atoms with Crippen molar-refractivity contribution in [3.63, 3.8) is 0 Å². The fraction of sp³-hybridized carbons (Fsp3) is 0.0208. The predicted molar refractivity (Wildman–Crippen MR) is 206 cm³/mol. The van der Waals surface area contributed by atoms with Gasteiger partial charge >= 0.3 is 0 Å². The molecule has 2 aliphatic rings. The zero-order valence-electron chi connectivity index (χ0n) is 27.2. The summed E-state index contributed by atoms with van der Waals surface area (Å²) in [6.07, 6.45) is 1.85. The van der Waals surface area contributed by atoms with Gasteiger partial charge in [0.25, 0.3) is 0 Å². The minimum atomic E-state index is -0.439. The van der Waals surface area contributed by atoms with Gasteiger partial charge in [-0.2, -0.15) is 0 Å². The Labute approximate surface area is 290 Å². The fourth-order valence-corrected chi connectivity index (χ4v) is 9.07. The van der Waals surface area contributed by atoms with E-state index in [1.54, 1.807) is 0 Å². The highest BCUT2D eigenvalue weighted by Crippen LogP contribution is 2.61. The highest BCUT2D eigenvalue weighted by atomic mass is 15.0. The van der Waals surface area contributed by atoms with Crippen molar-refractivity contribution in [3.8, 4) is 50.3 Å². The van der Waals surface area contributed by atoms with Gasteiger partial charge in [-0.05, 0) is 86.0 Å². The Bertz CT molecular complexity index is 2810. The van der Waals surface area contributed by atoms with Crippen LogP contribution in [-0.4, -0.2) is 9.55 Å². The van der Waals surface area contributed by atoms with E-state index < -0.39 is 5.41 Å². The van der Waals surface area contributed by atoms with Crippen LogP contribution in [0.1, 0.15) is 22.3 Å². The zero-order chi connectivity index (χ0) is 32.8. The van der Waals surface area contributed by atoms with Crippen LogP contribution in [0.15, 0.2) is 182 Å². The second kappa shape index (κ2) is 10.2. The summed E-state index contributed by atoms with van der Waals surface area (Å²) in [5, 5.41) is 2.60. The van der Waals surface area contributed by atoms with Gasteiger partial charge in [0.1, 0.15) is 0 Å². The van der Waals surface area contributed by atoms with Crippen molar-refractivity contribution in [1.82, 2.24) is 9.55 Å². The van der Waals surface area contributed by atoms with Crippen molar-refractivity contribution in [2.24, 2.45) is 0 Å². The van der Waals surface area contributed by atoms with Gasteiger partial charge in [0.2, 0.25) is 0 Å². The predicted octanol–water partition coefficient (Wildman–Crippen LogP) is 11.9. The Morgan fingerprint density at radius 2 is 1.02 bits per heavy atom. The Morgan fingerprint density at radius 3 is 1.86 bits per heavy atom. The average Bonchev–Trinajstić information content (AvgIpc) is 3.69. The summed E-state index contributed by atoms with van der Waals surface area (Å²) in [7, 11) is 0. The molecule has 0 amide bonds. The maximum Gasteiger partial charge on any atom is 0.0754 e. The quantitative estimate of drug-likeness (QED) is 0.189. The number of pyridine rings is 1. The minimum Gasteiger partial charge on any atom is -0.309 e. The molecule has 1 spiro atoms. The third-order valence-corrected chi connectivity index (χ3v) is 11.1. The molecule has 1 aliphatic heterocycles. The van der Waals surface area contributed by atoms with E-state index in [4.69, 9.17) is 0 Å². The van der Waals surface area contributed by atoms with E-state index in [0.717, 1.165) is 11.3 Å². The van der Waals surface area contributed by atoms with Crippen molar-refractivity contribution >= 4 is 21.8 Å². The lowest BCUT2D eigenvalue weighted by Crippen LogP contribution is -2.33. The Morgan fingerprint density at radius 1 is 0.400 bits per heavy atom. The minimum absolute atomic E-state index is 0.439. The van der Waals surface area contributed by atoms with Crippen LogP contribution in [0.4, 0.5) is 0 Å². The van der Waals surface area contributed by atoms with Gasteiger partial charge in [-0.3, -0.25) is 4.98 Å². The summed E-state index contributed by atoms with van der Waals surface area (Å²) in [4.78, 5) is 4.55. The molecule has 232 valence electrons. The van der Waals surface area contributed by atoms with E-state index in [0.29, 0.717) is 0 Å². The molecular weight excluding hydrogens is 605 g/mol. The van der Waals surface area contributed by atoms with Gasteiger partial charge in [0.15, 0.2) is 0 Å². The Balaban J connectivity index is 1.15. The fourth-order valence-electron chi connectivity index (χ4n) is 9.07. The molecule has 1 unspecified atom stereocenters. The maximum atomic E-state index is 4.55. The van der Waals surface area contributed by atoms with Crippen LogP contribution in [0, 0.1) is 0 Å². The average molecular weight is 635 g/mol. The Kier molecular flexibility index (Phi) is 5.62. The van der Waals surface area contributed by atoms with Crippen LogP contribution >= 0.6 is 0 Å². The molecule has 3 heterocycles. The number of benzene rings is 7. The molecule has 2 heteroatoms. The van der Waals surface area contributed by atoms with Crippen molar-refractivity contribution in [1.29, 1.82) is 0 Å². The molecule has 1 atom stereocenters. The van der Waals surface area contributed by atoms with Crippen molar-refractivity contribution in [2.75, 3.05) is 0 Å². The maximum absolute atomic E-state index is 4.55. The molecule has 0 radical (unpaired) electrons. The standard InChI is InChI=1S/C48H30N2/c1-2-13-35(34(12-1)31-23-25-32(26-24-31)44-20-9-10-29-49-44)33-27-28-41-39(30-33)36-14-3-5-17-40(36)48(41)42-18-6-8-22-46(42)50-45-21-7-4-15-37(45)38-16-11-19-43(48)47(38)50/h1-30H. The van der Waals surface area contributed by atoms with Crippen LogP contribution in [0.25, 0.3) is 72.1 Å². The largest absolute Gasteiger partial charge is 0.309 e. The second-order valence-electron chi connectivity index (χ2n) is 13.5. The summed E-state index contributed by atoms with van der Waals surface area (Å²) in [5.74, 6) is 0. The third kappa shape index (κ3) is 3.55. The summed E-state index contributed by atoms with van der Waals surface area (Å²) < 4.78 is 2.50. The van der Waals surface area contributed by atoms with E-state index in [1.165, 1.54) is 83.1 Å². The third-order valence-electron chi connectivity index (χ3n) is 11.1. The number of aromatic nitrogens is 2. The highest BCUT2D eigenvalue weighted by molar-refractivity contribution is 6.13. The first-order chi connectivity index (χ1) is 24.8. The van der Waals surface area contributed by atoms with E-state index in [9.17, 15) is 0 Å². The lowest BCUT2D eigenvalue weighted by Gasteiger charge is -2.39. The lowest BCUT2D eigenvalue weighted by atomic mass is 9.65. The van der Waals surface area contributed by atoms with Crippen LogP contribution in [0.5, 0.6) is 0 Å². The molecule has 0 bridgehead atoms. The normalized spacial score (nSPS) is 15.3. The SMILES string of the molecule is c1ccc(-c2ccc(-c3ccccc3-c3ccc4c(c3)-c3ccccc3C43c4ccccc4-n4c5ccccc5c5cccc3c54)cc2)nc1. The van der Waals surface area contributed by atoms with Gasteiger partial charge < -0.3 is 4.57 Å². The van der Waals surface area contributed by atoms with Crippen molar-refractivity contribution < 1.29 is 0 Å². The number of para-hydroxylation sites is 3. The first kappa shape index (κ1) is 27.4.